The van der Waals surface area contributed by atoms with Gasteiger partial charge in [-0.1, -0.05) is 30.3 Å². The molecule has 0 saturated heterocycles. The highest BCUT2D eigenvalue weighted by atomic mass is 16.5. The molecule has 132 valence electrons. The Hall–Kier alpha value is -1.62. The molecule has 0 bridgehead atoms. The quantitative estimate of drug-likeness (QED) is 0.800. The van der Waals surface area contributed by atoms with Crippen LogP contribution >= 0.6 is 0 Å². The lowest BCUT2D eigenvalue weighted by Crippen LogP contribution is -2.36. The Kier molecular flexibility index (Phi) is 6.60. The summed E-state index contributed by atoms with van der Waals surface area (Å²) >= 11 is 0. The van der Waals surface area contributed by atoms with Crippen LogP contribution in [0.2, 0.25) is 0 Å². The van der Waals surface area contributed by atoms with E-state index >= 15 is 0 Å². The van der Waals surface area contributed by atoms with Gasteiger partial charge in [0, 0.05) is 13.1 Å². The van der Waals surface area contributed by atoms with E-state index in [1.165, 1.54) is 5.56 Å². The Balaban J connectivity index is 1.98. The Morgan fingerprint density at radius 2 is 1.79 bits per heavy atom. The van der Waals surface area contributed by atoms with Crippen LogP contribution in [0.4, 0.5) is 0 Å². The van der Waals surface area contributed by atoms with Crippen molar-refractivity contribution in [2.45, 2.75) is 52.5 Å². The zero-order valence-electron chi connectivity index (χ0n) is 15.2. The zero-order chi connectivity index (χ0) is 17.6. The lowest BCUT2D eigenvalue weighted by atomic mass is 10.2. The first kappa shape index (κ1) is 18.7. The van der Waals surface area contributed by atoms with E-state index in [-0.39, 0.29) is 5.60 Å². The van der Waals surface area contributed by atoms with Gasteiger partial charge in [0.05, 0.1) is 24.9 Å². The van der Waals surface area contributed by atoms with E-state index in [1.807, 2.05) is 58.0 Å². The number of furan rings is 1. The molecule has 2 rings (SSSR count). The normalized spacial score (nSPS) is 13.4. The summed E-state index contributed by atoms with van der Waals surface area (Å²) in [7, 11) is 0. The number of nitrogens with zero attached hydrogens (tertiary/aromatic N) is 1. The largest absolute Gasteiger partial charge is 0.465 e. The van der Waals surface area contributed by atoms with Crippen molar-refractivity contribution in [2.75, 3.05) is 13.2 Å². The van der Waals surface area contributed by atoms with Gasteiger partial charge >= 0.3 is 0 Å². The maximum atomic E-state index is 10.3. The smallest absolute Gasteiger partial charge is 0.118 e. The van der Waals surface area contributed by atoms with Crippen LogP contribution in [0.1, 0.15) is 37.9 Å². The standard InChI is InChI=1S/C20H29NO3/c1-16-10-11-19(24-16)14-21(12-17-8-6-5-7-9-17)13-18(22)15-23-20(2,3)4/h5-11,18,22H,12-15H2,1-4H3/t18-/m1/s1. The fourth-order valence-electron chi connectivity index (χ4n) is 2.51. The van der Waals surface area contributed by atoms with Gasteiger partial charge in [-0.15, -0.1) is 0 Å². The first-order valence-electron chi connectivity index (χ1n) is 8.45. The van der Waals surface area contributed by atoms with E-state index in [9.17, 15) is 5.11 Å². The molecule has 0 amide bonds. The maximum Gasteiger partial charge on any atom is 0.118 e. The maximum absolute atomic E-state index is 10.3. The third kappa shape index (κ3) is 6.87. The van der Waals surface area contributed by atoms with Crippen molar-refractivity contribution in [1.29, 1.82) is 0 Å². The van der Waals surface area contributed by atoms with Crippen LogP contribution in [-0.4, -0.2) is 34.9 Å². The molecule has 0 fully saturated rings. The molecule has 1 atom stereocenters. The van der Waals surface area contributed by atoms with Crippen LogP contribution in [0.15, 0.2) is 46.9 Å². The third-order valence-electron chi connectivity index (χ3n) is 3.60. The fraction of sp³-hybridized carbons (Fsp3) is 0.500. The molecule has 0 saturated carbocycles. The summed E-state index contributed by atoms with van der Waals surface area (Å²) in [6.45, 7) is 10.2. The third-order valence-corrected chi connectivity index (χ3v) is 3.60. The summed E-state index contributed by atoms with van der Waals surface area (Å²) in [5.74, 6) is 1.81. The van der Waals surface area contributed by atoms with Crippen LogP contribution in [0, 0.1) is 6.92 Å². The molecule has 1 aromatic carbocycles. The second-order valence-corrected chi connectivity index (χ2v) is 7.24. The van der Waals surface area contributed by atoms with Crippen LogP contribution < -0.4 is 0 Å². The lowest BCUT2D eigenvalue weighted by Gasteiger charge is -2.27. The van der Waals surface area contributed by atoms with Gasteiger partial charge in [0.1, 0.15) is 11.5 Å². The lowest BCUT2D eigenvalue weighted by molar-refractivity contribution is -0.0576. The summed E-state index contributed by atoms with van der Waals surface area (Å²) in [5, 5.41) is 10.3. The monoisotopic (exact) mass is 331 g/mol. The Morgan fingerprint density at radius 3 is 2.38 bits per heavy atom. The van der Waals surface area contributed by atoms with E-state index in [2.05, 4.69) is 17.0 Å². The second-order valence-electron chi connectivity index (χ2n) is 7.24. The number of ether oxygens (including phenoxy) is 1. The topological polar surface area (TPSA) is 45.8 Å². The molecule has 0 spiro atoms. The highest BCUT2D eigenvalue weighted by Crippen LogP contribution is 2.14. The van der Waals surface area contributed by atoms with Crippen LogP contribution in [0.5, 0.6) is 0 Å². The van der Waals surface area contributed by atoms with Gasteiger partial charge in [-0.3, -0.25) is 4.90 Å². The van der Waals surface area contributed by atoms with E-state index in [0.29, 0.717) is 19.7 Å². The average Bonchev–Trinajstić information content (AvgIpc) is 2.90. The molecule has 0 aliphatic heterocycles. The summed E-state index contributed by atoms with van der Waals surface area (Å²) in [6.07, 6.45) is -0.538. The van der Waals surface area contributed by atoms with E-state index in [0.717, 1.165) is 18.1 Å². The molecule has 24 heavy (non-hydrogen) atoms. The number of aliphatic hydroxyl groups is 1. The van der Waals surface area contributed by atoms with Crippen LogP contribution in [-0.2, 0) is 17.8 Å². The van der Waals surface area contributed by atoms with Crippen molar-refractivity contribution in [3.63, 3.8) is 0 Å². The van der Waals surface area contributed by atoms with Gasteiger partial charge in [0.25, 0.3) is 0 Å². The molecule has 2 aromatic rings. The van der Waals surface area contributed by atoms with Crippen LogP contribution in [0.25, 0.3) is 0 Å². The van der Waals surface area contributed by atoms with Gasteiger partial charge in [-0.25, -0.2) is 0 Å². The van der Waals surface area contributed by atoms with E-state index in [1.54, 1.807) is 0 Å². The van der Waals surface area contributed by atoms with Crippen molar-refractivity contribution < 1.29 is 14.3 Å². The summed E-state index contributed by atoms with van der Waals surface area (Å²) in [5.41, 5.74) is 0.966. The molecule has 1 N–H and O–H groups in total. The minimum absolute atomic E-state index is 0.247. The molecular formula is C20H29NO3. The van der Waals surface area contributed by atoms with Gasteiger partial charge in [-0.05, 0) is 45.4 Å². The van der Waals surface area contributed by atoms with Gasteiger partial charge in [0.15, 0.2) is 0 Å². The Labute approximate surface area is 145 Å². The molecular weight excluding hydrogens is 302 g/mol. The van der Waals surface area contributed by atoms with Crippen molar-refractivity contribution in [3.05, 3.63) is 59.5 Å². The average molecular weight is 331 g/mol. The number of rotatable bonds is 8. The molecule has 0 unspecified atom stereocenters. The molecule has 0 aliphatic rings. The summed E-state index contributed by atoms with van der Waals surface area (Å²) in [6, 6.07) is 14.2. The highest BCUT2D eigenvalue weighted by Gasteiger charge is 2.18. The molecule has 4 nitrogen and oxygen atoms in total. The van der Waals surface area contributed by atoms with Crippen molar-refractivity contribution in [1.82, 2.24) is 4.90 Å². The Bertz CT molecular complexity index is 601. The molecule has 1 heterocycles. The SMILES string of the molecule is Cc1ccc(CN(Cc2ccccc2)C[C@@H](O)COC(C)(C)C)o1. The number of aryl methyl sites for hydroxylation is 1. The predicted molar refractivity (Wildman–Crippen MR) is 95.7 cm³/mol. The molecule has 4 heteroatoms. The zero-order valence-corrected chi connectivity index (χ0v) is 15.2. The first-order chi connectivity index (χ1) is 11.3. The van der Waals surface area contributed by atoms with Crippen molar-refractivity contribution in [3.8, 4) is 0 Å². The van der Waals surface area contributed by atoms with Gasteiger partial charge < -0.3 is 14.3 Å². The summed E-state index contributed by atoms with van der Waals surface area (Å²) < 4.78 is 11.4. The van der Waals surface area contributed by atoms with Crippen LogP contribution in [0.3, 0.4) is 0 Å². The summed E-state index contributed by atoms with van der Waals surface area (Å²) in [4.78, 5) is 2.18. The van der Waals surface area contributed by atoms with Crippen molar-refractivity contribution >= 4 is 0 Å². The predicted octanol–water partition coefficient (Wildman–Crippen LogP) is 3.77. The number of benzene rings is 1. The van der Waals surface area contributed by atoms with Crippen molar-refractivity contribution in [2.24, 2.45) is 0 Å². The molecule has 1 aromatic heterocycles. The Morgan fingerprint density at radius 1 is 1.08 bits per heavy atom. The number of aliphatic hydroxyl groups excluding tert-OH is 1. The van der Waals surface area contributed by atoms with E-state index in [4.69, 9.17) is 9.15 Å². The highest BCUT2D eigenvalue weighted by molar-refractivity contribution is 5.15. The minimum atomic E-state index is -0.538. The van der Waals surface area contributed by atoms with Gasteiger partial charge in [-0.2, -0.15) is 0 Å². The second kappa shape index (κ2) is 8.47. The number of hydrogen-bond acceptors (Lipinski definition) is 4. The van der Waals surface area contributed by atoms with Gasteiger partial charge in [0.2, 0.25) is 0 Å². The molecule has 0 radical (unpaired) electrons. The number of hydrogen-bond donors (Lipinski definition) is 1. The first-order valence-corrected chi connectivity index (χ1v) is 8.45. The fourth-order valence-corrected chi connectivity index (χ4v) is 2.51. The minimum Gasteiger partial charge on any atom is -0.465 e. The van der Waals surface area contributed by atoms with E-state index < -0.39 is 6.10 Å². The molecule has 0 aliphatic carbocycles.